The maximum atomic E-state index is 5.84. The van der Waals surface area contributed by atoms with Crippen LogP contribution >= 0.6 is 28.1 Å². The third-order valence-corrected chi connectivity index (χ3v) is 6.41. The van der Waals surface area contributed by atoms with E-state index in [0.717, 1.165) is 27.2 Å². The number of pyridine rings is 1. The molecule has 0 spiro atoms. The quantitative estimate of drug-likeness (QED) is 0.350. The van der Waals surface area contributed by atoms with Gasteiger partial charge in [0.2, 0.25) is 0 Å². The van der Waals surface area contributed by atoms with Gasteiger partial charge in [0.1, 0.15) is 6.04 Å². The van der Waals surface area contributed by atoms with E-state index in [9.17, 15) is 0 Å². The minimum Gasteiger partial charge on any atom is -0.351 e. The van der Waals surface area contributed by atoms with Crippen LogP contribution in [0.3, 0.4) is 0 Å². The number of anilines is 1. The van der Waals surface area contributed by atoms with Crippen molar-refractivity contribution in [2.45, 2.75) is 19.0 Å². The van der Waals surface area contributed by atoms with Crippen LogP contribution in [0, 0.1) is 6.92 Å². The molecule has 6 heteroatoms. The fraction of sp³-hybridized carbons (Fsp3) is 0.120. The molecule has 1 saturated heterocycles. The first-order valence-electron chi connectivity index (χ1n) is 10.1. The normalized spacial score (nSPS) is 18.3. The molecule has 0 bridgehead atoms. The lowest BCUT2D eigenvalue weighted by Gasteiger charge is -2.29. The molecule has 2 aromatic carbocycles. The van der Waals surface area contributed by atoms with Gasteiger partial charge in [-0.2, -0.15) is 0 Å². The van der Waals surface area contributed by atoms with Gasteiger partial charge in [-0.1, -0.05) is 34.1 Å². The highest BCUT2D eigenvalue weighted by molar-refractivity contribution is 9.10. The highest BCUT2D eigenvalue weighted by atomic mass is 79.9. The van der Waals surface area contributed by atoms with Crippen molar-refractivity contribution in [2.24, 2.45) is 0 Å². The minimum atomic E-state index is -0.0710. The molecule has 154 valence electrons. The zero-order valence-electron chi connectivity index (χ0n) is 16.9. The largest absolute Gasteiger partial charge is 0.351 e. The molecule has 0 unspecified atom stereocenters. The highest BCUT2D eigenvalue weighted by Crippen LogP contribution is 2.42. The molecule has 1 N–H and O–H groups in total. The summed E-state index contributed by atoms with van der Waals surface area (Å²) in [7, 11) is 0. The molecule has 1 fully saturated rings. The molecule has 1 aliphatic rings. The van der Waals surface area contributed by atoms with E-state index in [-0.39, 0.29) is 12.1 Å². The Labute approximate surface area is 195 Å². The van der Waals surface area contributed by atoms with Crippen molar-refractivity contribution < 1.29 is 0 Å². The van der Waals surface area contributed by atoms with Crippen LogP contribution in [0.4, 0.5) is 5.69 Å². The average Bonchev–Trinajstić information content (AvgIpc) is 3.39. The van der Waals surface area contributed by atoms with Gasteiger partial charge >= 0.3 is 0 Å². The number of rotatable bonds is 4. The van der Waals surface area contributed by atoms with Crippen molar-refractivity contribution in [2.75, 3.05) is 4.90 Å². The van der Waals surface area contributed by atoms with Crippen LogP contribution in [-0.2, 0) is 0 Å². The van der Waals surface area contributed by atoms with Gasteiger partial charge in [-0.3, -0.25) is 4.98 Å². The molecular formula is C25H21BrN4S. The summed E-state index contributed by atoms with van der Waals surface area (Å²) in [4.78, 5) is 6.87. The molecule has 3 heterocycles. The maximum absolute atomic E-state index is 5.84. The summed E-state index contributed by atoms with van der Waals surface area (Å²) in [6.07, 6.45) is 3.93. The van der Waals surface area contributed by atoms with Crippen molar-refractivity contribution in [3.8, 4) is 5.69 Å². The Morgan fingerprint density at radius 2 is 1.77 bits per heavy atom. The van der Waals surface area contributed by atoms with E-state index in [1.54, 1.807) is 0 Å². The van der Waals surface area contributed by atoms with Crippen LogP contribution in [0.1, 0.15) is 29.0 Å². The summed E-state index contributed by atoms with van der Waals surface area (Å²) in [5.41, 5.74) is 5.48. The number of nitrogens with zero attached hydrogens (tertiary/aromatic N) is 3. The topological polar surface area (TPSA) is 33.1 Å². The van der Waals surface area contributed by atoms with E-state index in [0.29, 0.717) is 5.11 Å². The summed E-state index contributed by atoms with van der Waals surface area (Å²) in [5.74, 6) is 0. The van der Waals surface area contributed by atoms with E-state index in [2.05, 4.69) is 116 Å². The molecule has 2 aromatic heterocycles. The molecular weight excluding hydrogens is 468 g/mol. The minimum absolute atomic E-state index is 0.0529. The van der Waals surface area contributed by atoms with E-state index in [4.69, 9.17) is 12.2 Å². The van der Waals surface area contributed by atoms with Gasteiger partial charge in [0.15, 0.2) is 5.11 Å². The first-order valence-corrected chi connectivity index (χ1v) is 11.3. The van der Waals surface area contributed by atoms with Crippen LogP contribution in [0.25, 0.3) is 5.69 Å². The van der Waals surface area contributed by atoms with Crippen LogP contribution in [0.2, 0.25) is 0 Å². The van der Waals surface area contributed by atoms with Crippen LogP contribution in [0.5, 0.6) is 0 Å². The van der Waals surface area contributed by atoms with Gasteiger partial charge in [0, 0.05) is 33.9 Å². The Hall–Kier alpha value is -2.96. The zero-order chi connectivity index (χ0) is 21.4. The third-order valence-electron chi connectivity index (χ3n) is 5.57. The summed E-state index contributed by atoms with van der Waals surface area (Å²) in [6.45, 7) is 2.10. The van der Waals surface area contributed by atoms with Crippen molar-refractivity contribution in [1.82, 2.24) is 14.9 Å². The lowest BCUT2D eigenvalue weighted by Crippen LogP contribution is -2.30. The second-order valence-electron chi connectivity index (χ2n) is 7.62. The van der Waals surface area contributed by atoms with Crippen LogP contribution in [-0.4, -0.2) is 14.7 Å². The van der Waals surface area contributed by atoms with Crippen molar-refractivity contribution in [3.05, 3.63) is 113 Å². The third kappa shape index (κ3) is 3.77. The standard InChI is InChI=1S/C25H21BrN4S/c1-17-6-4-7-20(16-17)30-24(23(28-25(30)31)21-8-2-3-14-27-21)22-9-5-15-29(22)19-12-10-18(26)11-13-19/h2-16,23-24H,1H3,(H,28,31)/t23-,24-/m0/s1. The fourth-order valence-corrected chi connectivity index (χ4v) is 4.79. The maximum Gasteiger partial charge on any atom is 0.174 e. The number of aromatic nitrogens is 2. The van der Waals surface area contributed by atoms with E-state index >= 15 is 0 Å². The van der Waals surface area contributed by atoms with Gasteiger partial charge in [-0.15, -0.1) is 0 Å². The number of nitrogens with one attached hydrogen (secondary N) is 1. The predicted octanol–water partition coefficient (Wildman–Crippen LogP) is 6.12. The number of hydrogen-bond acceptors (Lipinski definition) is 2. The number of benzene rings is 2. The Balaban J connectivity index is 1.67. The van der Waals surface area contributed by atoms with Gasteiger partial charge in [0.05, 0.1) is 11.7 Å². The van der Waals surface area contributed by atoms with Crippen molar-refractivity contribution in [3.63, 3.8) is 0 Å². The molecule has 0 amide bonds. The van der Waals surface area contributed by atoms with Crippen molar-refractivity contribution >= 4 is 38.9 Å². The van der Waals surface area contributed by atoms with E-state index in [1.165, 1.54) is 5.56 Å². The van der Waals surface area contributed by atoms with Gasteiger partial charge in [0.25, 0.3) is 0 Å². The highest BCUT2D eigenvalue weighted by Gasteiger charge is 2.42. The van der Waals surface area contributed by atoms with Gasteiger partial charge < -0.3 is 14.8 Å². The second-order valence-corrected chi connectivity index (χ2v) is 8.92. The lowest BCUT2D eigenvalue weighted by molar-refractivity contribution is 0.549. The number of hydrogen-bond donors (Lipinski definition) is 1. The zero-order valence-corrected chi connectivity index (χ0v) is 19.3. The molecule has 0 saturated carbocycles. The summed E-state index contributed by atoms with van der Waals surface area (Å²) < 4.78 is 3.28. The van der Waals surface area contributed by atoms with E-state index in [1.807, 2.05) is 18.3 Å². The monoisotopic (exact) mass is 488 g/mol. The molecule has 2 atom stereocenters. The van der Waals surface area contributed by atoms with E-state index < -0.39 is 0 Å². The Morgan fingerprint density at radius 3 is 2.52 bits per heavy atom. The number of aryl methyl sites for hydroxylation is 1. The summed E-state index contributed by atoms with van der Waals surface area (Å²) >= 11 is 9.38. The molecule has 0 aliphatic carbocycles. The lowest BCUT2D eigenvalue weighted by atomic mass is 10.0. The number of halogens is 1. The van der Waals surface area contributed by atoms with Crippen molar-refractivity contribution in [1.29, 1.82) is 0 Å². The molecule has 31 heavy (non-hydrogen) atoms. The van der Waals surface area contributed by atoms with Gasteiger partial charge in [-0.25, -0.2) is 0 Å². The second kappa shape index (κ2) is 8.29. The molecule has 5 rings (SSSR count). The Bertz CT molecular complexity index is 1220. The van der Waals surface area contributed by atoms with Crippen LogP contribution < -0.4 is 10.2 Å². The SMILES string of the molecule is Cc1cccc(N2C(=S)N[C@@H](c3ccccn3)[C@@H]2c2cccn2-c2ccc(Br)cc2)c1. The first-order chi connectivity index (χ1) is 15.1. The molecule has 4 nitrogen and oxygen atoms in total. The Morgan fingerprint density at radius 1 is 0.935 bits per heavy atom. The summed E-state index contributed by atoms with van der Waals surface area (Å²) in [5, 5.41) is 4.24. The molecule has 4 aromatic rings. The fourth-order valence-electron chi connectivity index (χ4n) is 4.18. The average molecular weight is 489 g/mol. The predicted molar refractivity (Wildman–Crippen MR) is 133 cm³/mol. The molecule has 1 aliphatic heterocycles. The Kier molecular flexibility index (Phi) is 5.34. The molecule has 0 radical (unpaired) electrons. The van der Waals surface area contributed by atoms with Crippen LogP contribution in [0.15, 0.2) is 95.7 Å². The number of thiocarbonyl (C=S) groups is 1. The first kappa shape index (κ1) is 20.0. The van der Waals surface area contributed by atoms with Gasteiger partial charge in [-0.05, 0) is 85.4 Å². The summed E-state index contributed by atoms with van der Waals surface area (Å²) in [6, 6.07) is 27.0. The smallest absolute Gasteiger partial charge is 0.174 e.